The van der Waals surface area contributed by atoms with Crippen LogP contribution in [-0.4, -0.2) is 22.4 Å². The van der Waals surface area contributed by atoms with Gasteiger partial charge in [0, 0.05) is 15.8 Å². The first-order valence-corrected chi connectivity index (χ1v) is 8.82. The molecule has 4 nitrogen and oxygen atoms in total. The van der Waals surface area contributed by atoms with Crippen molar-refractivity contribution in [3.05, 3.63) is 57.3 Å². The Kier molecular flexibility index (Phi) is 3.73. The van der Waals surface area contributed by atoms with E-state index in [9.17, 15) is 4.79 Å². The number of hydrogen-bond acceptors (Lipinski definition) is 4. The van der Waals surface area contributed by atoms with E-state index in [4.69, 9.17) is 4.74 Å². The maximum Gasteiger partial charge on any atom is 0.261 e. The monoisotopic (exact) mass is 338 g/mol. The molecule has 3 heterocycles. The van der Waals surface area contributed by atoms with Crippen molar-refractivity contribution in [1.29, 1.82) is 0 Å². The molecular formula is C19H18N2O2S. The highest BCUT2D eigenvalue weighted by Crippen LogP contribution is 2.29. The van der Waals surface area contributed by atoms with Crippen molar-refractivity contribution in [3.8, 4) is 5.88 Å². The Morgan fingerprint density at radius 3 is 2.96 bits per heavy atom. The van der Waals surface area contributed by atoms with E-state index in [1.54, 1.807) is 11.3 Å². The molecule has 0 atom stereocenters. The van der Waals surface area contributed by atoms with Crippen molar-refractivity contribution in [3.63, 3.8) is 0 Å². The summed E-state index contributed by atoms with van der Waals surface area (Å²) in [6.07, 6.45) is 0. The topological polar surface area (TPSA) is 42.4 Å². The fourth-order valence-electron chi connectivity index (χ4n) is 3.17. The third-order valence-electron chi connectivity index (χ3n) is 4.27. The summed E-state index contributed by atoms with van der Waals surface area (Å²) >= 11 is 1.66. The van der Waals surface area contributed by atoms with Gasteiger partial charge in [0.25, 0.3) is 5.91 Å². The van der Waals surface area contributed by atoms with E-state index in [1.165, 1.54) is 10.4 Å². The first-order chi connectivity index (χ1) is 11.6. The third kappa shape index (κ3) is 2.76. The van der Waals surface area contributed by atoms with E-state index in [0.29, 0.717) is 19.0 Å². The lowest BCUT2D eigenvalue weighted by molar-refractivity contribution is -0.133. The molecule has 1 amide bonds. The highest BCUT2D eigenvalue weighted by atomic mass is 32.1. The molecule has 1 aromatic carbocycles. The van der Waals surface area contributed by atoms with Crippen molar-refractivity contribution >= 4 is 28.1 Å². The van der Waals surface area contributed by atoms with Gasteiger partial charge in [0.15, 0.2) is 6.61 Å². The molecule has 0 saturated heterocycles. The number of carbonyl (C=O) groups excluding carboxylic acids is 1. The minimum absolute atomic E-state index is 0.00152. The largest absolute Gasteiger partial charge is 0.467 e. The Morgan fingerprint density at radius 2 is 2.17 bits per heavy atom. The number of fused-ring (bicyclic) bond motifs is 2. The predicted molar refractivity (Wildman–Crippen MR) is 95.3 cm³/mol. The lowest BCUT2D eigenvalue weighted by Gasteiger charge is -2.19. The first-order valence-electron chi connectivity index (χ1n) is 7.94. The van der Waals surface area contributed by atoms with Gasteiger partial charge in [-0.3, -0.25) is 4.79 Å². The second-order valence-corrected chi connectivity index (χ2v) is 7.26. The molecule has 24 heavy (non-hydrogen) atoms. The lowest BCUT2D eigenvalue weighted by atomic mass is 10.0. The van der Waals surface area contributed by atoms with Crippen molar-refractivity contribution < 1.29 is 9.53 Å². The molecule has 0 bridgehead atoms. The summed E-state index contributed by atoms with van der Waals surface area (Å²) in [6.45, 7) is 5.33. The predicted octanol–water partition coefficient (Wildman–Crippen LogP) is 3.83. The van der Waals surface area contributed by atoms with Crippen LogP contribution in [0.1, 0.15) is 21.6 Å². The molecule has 1 aliphatic heterocycles. The molecule has 2 aromatic heterocycles. The normalized spacial score (nSPS) is 14.4. The summed E-state index contributed by atoms with van der Waals surface area (Å²) < 4.78 is 5.70. The Balaban J connectivity index is 1.74. The number of rotatable bonds is 2. The molecule has 1 aliphatic rings. The van der Waals surface area contributed by atoms with Crippen molar-refractivity contribution in [2.75, 3.05) is 6.61 Å². The molecular weight excluding hydrogens is 320 g/mol. The van der Waals surface area contributed by atoms with Gasteiger partial charge in [-0.2, -0.15) is 0 Å². The summed E-state index contributed by atoms with van der Waals surface area (Å²) in [6, 6.07) is 10.4. The molecule has 0 saturated carbocycles. The van der Waals surface area contributed by atoms with Crippen LogP contribution in [0.2, 0.25) is 0 Å². The molecule has 0 unspecified atom stereocenters. The van der Waals surface area contributed by atoms with Gasteiger partial charge in [-0.25, -0.2) is 4.98 Å². The SMILES string of the molecule is Cc1cc(C)c2nc3c(cc2c1)CN(Cc1cccs1)C(=O)CO3. The molecule has 0 fully saturated rings. The molecule has 4 rings (SSSR count). The van der Waals surface area contributed by atoms with E-state index in [2.05, 4.69) is 43.1 Å². The highest BCUT2D eigenvalue weighted by molar-refractivity contribution is 7.09. The van der Waals surface area contributed by atoms with Crippen LogP contribution in [0.5, 0.6) is 5.88 Å². The lowest BCUT2D eigenvalue weighted by Crippen LogP contribution is -2.31. The van der Waals surface area contributed by atoms with E-state index >= 15 is 0 Å². The smallest absolute Gasteiger partial charge is 0.261 e. The average Bonchev–Trinajstić information content (AvgIpc) is 2.99. The van der Waals surface area contributed by atoms with Crippen LogP contribution in [0.4, 0.5) is 0 Å². The number of ether oxygens (including phenoxy) is 1. The zero-order valence-corrected chi connectivity index (χ0v) is 14.5. The molecule has 122 valence electrons. The second-order valence-electron chi connectivity index (χ2n) is 6.22. The number of carbonyl (C=O) groups is 1. The van der Waals surface area contributed by atoms with Gasteiger partial charge >= 0.3 is 0 Å². The fraction of sp³-hybridized carbons (Fsp3) is 0.263. The van der Waals surface area contributed by atoms with E-state index in [0.717, 1.165) is 22.0 Å². The number of thiophene rings is 1. The van der Waals surface area contributed by atoms with Gasteiger partial charge < -0.3 is 9.64 Å². The zero-order valence-electron chi connectivity index (χ0n) is 13.7. The Morgan fingerprint density at radius 1 is 1.29 bits per heavy atom. The van der Waals surface area contributed by atoms with E-state index in [-0.39, 0.29) is 12.5 Å². The maximum atomic E-state index is 12.4. The number of nitrogens with zero attached hydrogens (tertiary/aromatic N) is 2. The standard InChI is InChI=1S/C19H18N2O2S/c1-12-6-13(2)18-14(7-12)8-15-9-21(10-16-4-3-5-24-16)17(22)11-23-19(15)20-18/h3-8H,9-11H2,1-2H3. The fourth-order valence-corrected chi connectivity index (χ4v) is 3.89. The number of aromatic nitrogens is 1. The first kappa shape index (κ1) is 15.1. The van der Waals surface area contributed by atoms with Crippen LogP contribution in [0.25, 0.3) is 10.9 Å². The number of aryl methyl sites for hydroxylation is 2. The number of pyridine rings is 1. The van der Waals surface area contributed by atoms with Crippen LogP contribution < -0.4 is 4.74 Å². The quantitative estimate of drug-likeness (QED) is 0.713. The summed E-state index contributed by atoms with van der Waals surface area (Å²) in [5, 5.41) is 3.13. The third-order valence-corrected chi connectivity index (χ3v) is 5.13. The second kappa shape index (κ2) is 5.91. The minimum Gasteiger partial charge on any atom is -0.467 e. The van der Waals surface area contributed by atoms with Gasteiger partial charge in [-0.1, -0.05) is 17.7 Å². The Bertz CT molecular complexity index is 919. The molecule has 5 heteroatoms. The molecule has 0 aliphatic carbocycles. The Labute approximate surface area is 144 Å². The Hall–Kier alpha value is -2.40. The molecule has 3 aromatic rings. The number of hydrogen-bond donors (Lipinski definition) is 0. The van der Waals surface area contributed by atoms with E-state index in [1.807, 2.05) is 16.3 Å². The van der Waals surface area contributed by atoms with Crippen molar-refractivity contribution in [2.24, 2.45) is 0 Å². The van der Waals surface area contributed by atoms with Gasteiger partial charge in [-0.15, -0.1) is 11.3 Å². The van der Waals surface area contributed by atoms with Crippen molar-refractivity contribution in [1.82, 2.24) is 9.88 Å². The van der Waals surface area contributed by atoms with Gasteiger partial charge in [0.1, 0.15) is 0 Å². The van der Waals surface area contributed by atoms with Crippen LogP contribution in [-0.2, 0) is 17.9 Å². The summed E-state index contributed by atoms with van der Waals surface area (Å²) in [7, 11) is 0. The van der Waals surface area contributed by atoms with E-state index < -0.39 is 0 Å². The summed E-state index contributed by atoms with van der Waals surface area (Å²) in [5.41, 5.74) is 4.25. The number of amides is 1. The minimum atomic E-state index is -0.00152. The molecule has 0 spiro atoms. The summed E-state index contributed by atoms with van der Waals surface area (Å²) in [5.74, 6) is 0.579. The molecule has 0 radical (unpaired) electrons. The van der Waals surface area contributed by atoms with Gasteiger partial charge in [-0.05, 0) is 43.0 Å². The van der Waals surface area contributed by atoms with Gasteiger partial charge in [0.05, 0.1) is 18.6 Å². The highest BCUT2D eigenvalue weighted by Gasteiger charge is 2.23. The molecule has 0 N–H and O–H groups in total. The van der Waals surface area contributed by atoms with Crippen molar-refractivity contribution in [2.45, 2.75) is 26.9 Å². The van der Waals surface area contributed by atoms with Crippen LogP contribution in [0.15, 0.2) is 35.7 Å². The zero-order chi connectivity index (χ0) is 16.7. The van der Waals surface area contributed by atoms with Gasteiger partial charge in [0.2, 0.25) is 5.88 Å². The van der Waals surface area contributed by atoms with Crippen LogP contribution in [0.3, 0.4) is 0 Å². The average molecular weight is 338 g/mol. The maximum absolute atomic E-state index is 12.4. The number of benzene rings is 1. The van der Waals surface area contributed by atoms with Crippen LogP contribution >= 0.6 is 11.3 Å². The summed E-state index contributed by atoms with van der Waals surface area (Å²) in [4.78, 5) is 20.1. The van der Waals surface area contributed by atoms with Crippen LogP contribution in [0, 0.1) is 13.8 Å².